The summed E-state index contributed by atoms with van der Waals surface area (Å²) in [4.78, 5) is 14.7. The predicted molar refractivity (Wildman–Crippen MR) is 130 cm³/mol. The van der Waals surface area contributed by atoms with Crippen LogP contribution >= 0.6 is 23.1 Å². The fourth-order valence-corrected chi connectivity index (χ4v) is 5.06. The fraction of sp³-hybridized carbons (Fsp3) is 0.348. The van der Waals surface area contributed by atoms with Gasteiger partial charge in [-0.25, -0.2) is 0 Å². The third kappa shape index (κ3) is 7.03. The van der Waals surface area contributed by atoms with Crippen LogP contribution in [-0.2, 0) is 16.1 Å². The number of rotatable bonds is 9. The van der Waals surface area contributed by atoms with Gasteiger partial charge in [-0.15, -0.1) is 10.2 Å². The molecule has 1 aromatic heterocycles. The molecule has 0 bridgehead atoms. The van der Waals surface area contributed by atoms with Gasteiger partial charge in [0.1, 0.15) is 0 Å². The third-order valence-electron chi connectivity index (χ3n) is 5.00. The van der Waals surface area contributed by atoms with Crippen LogP contribution in [0.5, 0.6) is 0 Å². The number of carbonyl (C=O) groups is 1. The zero-order valence-electron chi connectivity index (χ0n) is 18.0. The van der Waals surface area contributed by atoms with Crippen molar-refractivity contribution < 1.29 is 9.53 Å². The second-order valence-electron chi connectivity index (χ2n) is 7.67. The average Bonchev–Trinajstić information content (AvgIpc) is 3.24. The van der Waals surface area contributed by atoms with E-state index in [2.05, 4.69) is 56.1 Å². The molecule has 0 spiro atoms. The summed E-state index contributed by atoms with van der Waals surface area (Å²) < 4.78 is 6.60. The molecule has 1 atom stereocenters. The van der Waals surface area contributed by atoms with Gasteiger partial charge >= 0.3 is 0 Å². The van der Waals surface area contributed by atoms with E-state index in [0.29, 0.717) is 24.0 Å². The highest BCUT2D eigenvalue weighted by Gasteiger charge is 2.21. The number of ether oxygens (including phenoxy) is 1. The van der Waals surface area contributed by atoms with Gasteiger partial charge < -0.3 is 15.4 Å². The number of amides is 1. The van der Waals surface area contributed by atoms with Crippen LogP contribution in [0.25, 0.3) is 0 Å². The van der Waals surface area contributed by atoms with Gasteiger partial charge in [0.15, 0.2) is 4.34 Å². The number of aromatic nitrogens is 2. The second kappa shape index (κ2) is 11.4. The molecule has 32 heavy (non-hydrogen) atoms. The zero-order chi connectivity index (χ0) is 22.2. The van der Waals surface area contributed by atoms with Gasteiger partial charge in [-0.05, 0) is 30.2 Å². The van der Waals surface area contributed by atoms with Gasteiger partial charge in [0, 0.05) is 31.9 Å². The largest absolute Gasteiger partial charge is 0.374 e. The van der Waals surface area contributed by atoms with Crippen LogP contribution < -0.4 is 10.6 Å². The monoisotopic (exact) mass is 469 g/mol. The molecule has 0 saturated carbocycles. The summed E-state index contributed by atoms with van der Waals surface area (Å²) in [5.74, 6) is 0.279. The maximum absolute atomic E-state index is 12.3. The van der Waals surface area contributed by atoms with E-state index in [4.69, 9.17) is 4.74 Å². The maximum Gasteiger partial charge on any atom is 0.230 e. The Kier molecular flexibility index (Phi) is 8.11. The molecule has 2 N–H and O–H groups in total. The van der Waals surface area contributed by atoms with E-state index < -0.39 is 0 Å². The first-order valence-electron chi connectivity index (χ1n) is 10.6. The molecule has 0 radical (unpaired) electrons. The van der Waals surface area contributed by atoms with Crippen molar-refractivity contribution >= 4 is 39.8 Å². The Balaban J connectivity index is 1.17. The minimum absolute atomic E-state index is 0.00748. The summed E-state index contributed by atoms with van der Waals surface area (Å²) in [5, 5.41) is 15.3. The van der Waals surface area contributed by atoms with E-state index in [1.807, 2.05) is 31.2 Å². The van der Waals surface area contributed by atoms with Gasteiger partial charge in [0.25, 0.3) is 0 Å². The first-order valence-corrected chi connectivity index (χ1v) is 12.4. The Morgan fingerprint density at radius 1 is 1.22 bits per heavy atom. The van der Waals surface area contributed by atoms with Crippen LogP contribution in [0.15, 0.2) is 58.9 Å². The molecule has 9 heteroatoms. The van der Waals surface area contributed by atoms with E-state index in [0.717, 1.165) is 29.7 Å². The molecule has 1 amide bonds. The van der Waals surface area contributed by atoms with Gasteiger partial charge in [0.05, 0.1) is 18.5 Å². The first kappa shape index (κ1) is 22.7. The van der Waals surface area contributed by atoms with Crippen molar-refractivity contribution in [3.05, 3.63) is 65.7 Å². The van der Waals surface area contributed by atoms with Gasteiger partial charge in [0.2, 0.25) is 11.0 Å². The average molecular weight is 470 g/mol. The lowest BCUT2D eigenvalue weighted by atomic mass is 10.2. The van der Waals surface area contributed by atoms with Gasteiger partial charge in [-0.1, -0.05) is 65.6 Å². The van der Waals surface area contributed by atoms with E-state index in [1.54, 1.807) is 0 Å². The number of benzene rings is 2. The normalized spacial score (nSPS) is 16.6. The summed E-state index contributed by atoms with van der Waals surface area (Å²) in [6.45, 7) is 5.87. The molecule has 1 fully saturated rings. The zero-order valence-corrected chi connectivity index (χ0v) is 19.6. The lowest BCUT2D eigenvalue weighted by Crippen LogP contribution is -2.47. The van der Waals surface area contributed by atoms with Gasteiger partial charge in [-0.3, -0.25) is 9.69 Å². The molecule has 3 aromatic rings. The molecular weight excluding hydrogens is 442 g/mol. The highest BCUT2D eigenvalue weighted by atomic mass is 32.2. The quantitative estimate of drug-likeness (QED) is 0.463. The lowest BCUT2D eigenvalue weighted by molar-refractivity contribution is -0.119. The molecular formula is C23H27N5O2S2. The Hall–Kier alpha value is -2.46. The molecule has 1 aliphatic rings. The standard InChI is InChI=1S/C23H27N5O2S2/c1-17-6-5-9-19(12-17)25-22-26-27-23(32-22)31-16-21(29)24-13-20-15-28(10-11-30-20)14-18-7-3-2-4-8-18/h2-9,12,20H,10-11,13-16H2,1H3,(H,24,29)(H,25,26). The predicted octanol–water partition coefficient (Wildman–Crippen LogP) is 3.70. The van der Waals surface area contributed by atoms with Crippen LogP contribution in [0.1, 0.15) is 11.1 Å². The number of aryl methyl sites for hydroxylation is 1. The van der Waals surface area contributed by atoms with Crippen molar-refractivity contribution in [3.8, 4) is 0 Å². The van der Waals surface area contributed by atoms with Crippen molar-refractivity contribution in [2.45, 2.75) is 23.9 Å². The molecule has 168 valence electrons. The van der Waals surface area contributed by atoms with Crippen LogP contribution in [-0.4, -0.2) is 59.1 Å². The minimum atomic E-state index is -0.0258. The number of nitrogens with zero attached hydrogens (tertiary/aromatic N) is 3. The minimum Gasteiger partial charge on any atom is -0.374 e. The van der Waals surface area contributed by atoms with Crippen LogP contribution in [0.2, 0.25) is 0 Å². The number of nitrogens with one attached hydrogen (secondary N) is 2. The second-order valence-corrected chi connectivity index (χ2v) is 9.87. The number of carbonyl (C=O) groups excluding carboxylic acids is 1. The molecule has 4 rings (SSSR count). The number of hydrogen-bond donors (Lipinski definition) is 2. The summed E-state index contributed by atoms with van der Waals surface area (Å²) in [6, 6.07) is 18.5. The Labute approximate surface area is 196 Å². The topological polar surface area (TPSA) is 79.4 Å². The molecule has 0 aliphatic carbocycles. The van der Waals surface area contributed by atoms with Crippen molar-refractivity contribution in [2.75, 3.05) is 37.3 Å². The molecule has 2 heterocycles. The summed E-state index contributed by atoms with van der Waals surface area (Å²) in [5.41, 5.74) is 3.45. The van der Waals surface area contributed by atoms with Gasteiger partial charge in [-0.2, -0.15) is 0 Å². The van der Waals surface area contributed by atoms with E-state index >= 15 is 0 Å². The van der Waals surface area contributed by atoms with Crippen molar-refractivity contribution in [3.63, 3.8) is 0 Å². The smallest absolute Gasteiger partial charge is 0.230 e. The number of anilines is 2. The fourth-order valence-electron chi connectivity index (χ4n) is 3.46. The number of hydrogen-bond acceptors (Lipinski definition) is 8. The SMILES string of the molecule is Cc1cccc(Nc2nnc(SCC(=O)NCC3CN(Cc4ccccc4)CCO3)s2)c1. The van der Waals surface area contributed by atoms with Crippen LogP contribution in [0.3, 0.4) is 0 Å². The van der Waals surface area contributed by atoms with Crippen LogP contribution in [0.4, 0.5) is 10.8 Å². The summed E-state index contributed by atoms with van der Waals surface area (Å²) >= 11 is 2.83. The Morgan fingerprint density at radius 2 is 2.09 bits per heavy atom. The first-order chi connectivity index (χ1) is 15.6. The number of morpholine rings is 1. The van der Waals surface area contributed by atoms with E-state index in [1.165, 1.54) is 34.2 Å². The number of thioether (sulfide) groups is 1. The summed E-state index contributed by atoms with van der Waals surface area (Å²) in [7, 11) is 0. The van der Waals surface area contributed by atoms with E-state index in [9.17, 15) is 4.79 Å². The Bertz CT molecular complexity index is 1010. The third-order valence-corrected chi connectivity index (χ3v) is 6.97. The van der Waals surface area contributed by atoms with Crippen molar-refractivity contribution in [2.24, 2.45) is 0 Å². The molecule has 1 unspecified atom stereocenters. The maximum atomic E-state index is 12.3. The molecule has 2 aromatic carbocycles. The molecule has 1 aliphatic heterocycles. The van der Waals surface area contributed by atoms with Crippen LogP contribution in [0, 0.1) is 6.92 Å². The van der Waals surface area contributed by atoms with Crippen molar-refractivity contribution in [1.82, 2.24) is 20.4 Å². The molecule has 1 saturated heterocycles. The van der Waals surface area contributed by atoms with E-state index in [-0.39, 0.29) is 12.0 Å². The highest BCUT2D eigenvalue weighted by Crippen LogP contribution is 2.27. The lowest BCUT2D eigenvalue weighted by Gasteiger charge is -2.33. The highest BCUT2D eigenvalue weighted by molar-refractivity contribution is 8.01. The molecule has 7 nitrogen and oxygen atoms in total. The Morgan fingerprint density at radius 3 is 2.94 bits per heavy atom. The summed E-state index contributed by atoms with van der Waals surface area (Å²) in [6.07, 6.45) is 0.00748. The van der Waals surface area contributed by atoms with Crippen molar-refractivity contribution in [1.29, 1.82) is 0 Å².